The Hall–Kier alpha value is -0.620. The Balaban J connectivity index is 2.05. The van der Waals surface area contributed by atoms with Crippen LogP contribution in [0.4, 0.5) is 0 Å². The number of rotatable bonds is 2. The van der Waals surface area contributed by atoms with E-state index in [0.29, 0.717) is 0 Å². The van der Waals surface area contributed by atoms with Gasteiger partial charge in [0.2, 0.25) is 0 Å². The largest absolute Gasteiger partial charge is 0.468 e. The van der Waals surface area contributed by atoms with Crippen LogP contribution in [-0.2, 0) is 19.1 Å². The Morgan fingerprint density at radius 1 is 1.40 bits per heavy atom. The molecule has 1 aliphatic carbocycles. The second-order valence-electron chi connectivity index (χ2n) is 3.79. The molecular weight excluding hydrogens is 266 g/mol. The van der Waals surface area contributed by atoms with Crippen LogP contribution in [0.25, 0.3) is 0 Å². The van der Waals surface area contributed by atoms with Crippen LogP contribution in [-0.4, -0.2) is 42.1 Å². The maximum absolute atomic E-state index is 11.4. The van der Waals surface area contributed by atoms with Gasteiger partial charge in [0.15, 0.2) is 0 Å². The van der Waals surface area contributed by atoms with E-state index in [1.165, 1.54) is 14.0 Å². The van der Waals surface area contributed by atoms with Crippen molar-refractivity contribution < 1.29 is 19.1 Å². The number of hydrogen-bond acceptors (Lipinski definition) is 5. The van der Waals surface area contributed by atoms with Crippen LogP contribution in [0.2, 0.25) is 0 Å². The number of carbonyl (C=O) groups excluding carboxylic acids is 2. The summed E-state index contributed by atoms with van der Waals surface area (Å²) in [7, 11) is 1.35. The Kier molecular flexibility index (Phi) is 2.72. The summed E-state index contributed by atoms with van der Waals surface area (Å²) in [4.78, 5) is 22.4. The molecule has 3 aliphatic rings. The molecule has 5 atom stereocenters. The van der Waals surface area contributed by atoms with Crippen LogP contribution in [0, 0.1) is 5.92 Å². The minimum atomic E-state index is -0.367. The predicted molar refractivity (Wildman–Crippen MR) is 54.5 cm³/mol. The third-order valence-corrected chi connectivity index (χ3v) is 4.14. The number of nitrogens with one attached hydrogen (secondary N) is 1. The Morgan fingerprint density at radius 2 is 2.07 bits per heavy atom. The molecular formula is C9H12BrNO4. The van der Waals surface area contributed by atoms with E-state index in [1.807, 2.05) is 0 Å². The van der Waals surface area contributed by atoms with Gasteiger partial charge in [-0.1, -0.05) is 15.9 Å². The van der Waals surface area contributed by atoms with Gasteiger partial charge < -0.3 is 9.47 Å². The lowest BCUT2D eigenvalue weighted by atomic mass is 9.79. The highest BCUT2D eigenvalue weighted by molar-refractivity contribution is 9.09. The van der Waals surface area contributed by atoms with Gasteiger partial charge in [-0.2, -0.15) is 0 Å². The van der Waals surface area contributed by atoms with Crippen molar-refractivity contribution in [1.29, 1.82) is 0 Å². The summed E-state index contributed by atoms with van der Waals surface area (Å²) in [5.41, 5.74) is 0. The molecule has 6 heteroatoms. The zero-order valence-corrected chi connectivity index (χ0v) is 9.98. The van der Waals surface area contributed by atoms with Crippen molar-refractivity contribution in [3.8, 4) is 0 Å². The third kappa shape index (κ3) is 1.56. The van der Waals surface area contributed by atoms with Crippen LogP contribution in [0.15, 0.2) is 0 Å². The van der Waals surface area contributed by atoms with Gasteiger partial charge in [0.1, 0.15) is 12.1 Å². The third-order valence-electron chi connectivity index (χ3n) is 2.96. The molecule has 3 rings (SSSR count). The summed E-state index contributed by atoms with van der Waals surface area (Å²) in [6.45, 7) is 1.37. The molecule has 0 amide bonds. The average Bonchev–Trinajstić information content (AvgIpc) is 2.72. The van der Waals surface area contributed by atoms with Gasteiger partial charge in [-0.3, -0.25) is 14.9 Å². The lowest BCUT2D eigenvalue weighted by Gasteiger charge is -2.39. The van der Waals surface area contributed by atoms with E-state index in [9.17, 15) is 9.59 Å². The van der Waals surface area contributed by atoms with Crippen molar-refractivity contribution in [3.63, 3.8) is 0 Å². The molecule has 84 valence electrons. The molecule has 0 aromatic carbocycles. The van der Waals surface area contributed by atoms with E-state index < -0.39 is 0 Å². The standard InChI is InChI=1S/C9H12BrNO4/c1-3(12)15-8-4-5(10)7(8)11-6(4)9(13)14-2/h4-8,11H,1-2H3/t4-,5+,6-,7-,8+/m1/s1. The highest BCUT2D eigenvalue weighted by Crippen LogP contribution is 2.45. The first-order valence-electron chi connectivity index (χ1n) is 4.71. The van der Waals surface area contributed by atoms with Gasteiger partial charge in [0.05, 0.1) is 13.2 Å². The number of carbonyl (C=O) groups is 2. The van der Waals surface area contributed by atoms with Crippen LogP contribution < -0.4 is 5.32 Å². The lowest BCUT2D eigenvalue weighted by molar-refractivity contribution is -0.155. The molecule has 2 aliphatic heterocycles. The first-order valence-corrected chi connectivity index (χ1v) is 5.63. The quantitative estimate of drug-likeness (QED) is 0.561. The molecule has 2 bridgehead atoms. The maximum atomic E-state index is 11.4. The normalized spacial score (nSPS) is 41.9. The van der Waals surface area contributed by atoms with Crippen molar-refractivity contribution in [1.82, 2.24) is 5.32 Å². The van der Waals surface area contributed by atoms with Crippen LogP contribution in [0.3, 0.4) is 0 Å². The molecule has 2 heterocycles. The molecule has 5 nitrogen and oxygen atoms in total. The first-order chi connectivity index (χ1) is 7.06. The Labute approximate surface area is 95.6 Å². The number of hydrogen-bond donors (Lipinski definition) is 1. The van der Waals surface area contributed by atoms with Crippen molar-refractivity contribution >= 4 is 27.9 Å². The molecule has 0 aromatic rings. The van der Waals surface area contributed by atoms with Crippen LogP contribution >= 0.6 is 15.9 Å². The van der Waals surface area contributed by atoms with Gasteiger partial charge in [-0.15, -0.1) is 0 Å². The number of halogens is 1. The minimum Gasteiger partial charge on any atom is -0.468 e. The summed E-state index contributed by atoms with van der Waals surface area (Å²) < 4.78 is 9.80. The van der Waals surface area contributed by atoms with Gasteiger partial charge in [0.25, 0.3) is 0 Å². The molecule has 0 aromatic heterocycles. The van der Waals surface area contributed by atoms with Crippen molar-refractivity contribution in [2.24, 2.45) is 5.92 Å². The van der Waals surface area contributed by atoms with E-state index >= 15 is 0 Å². The molecule has 0 spiro atoms. The second-order valence-corrected chi connectivity index (χ2v) is 4.85. The SMILES string of the molecule is COC(=O)[C@@H]1N[C@@H]2[C@@H](Br)[C@H]1[C@@H]2OC(C)=O. The Morgan fingerprint density at radius 3 is 2.60 bits per heavy atom. The van der Waals surface area contributed by atoms with Crippen molar-refractivity contribution in [2.45, 2.75) is 29.9 Å². The maximum Gasteiger partial charge on any atom is 0.323 e. The van der Waals surface area contributed by atoms with Gasteiger partial charge in [0, 0.05) is 17.7 Å². The van der Waals surface area contributed by atoms with Crippen molar-refractivity contribution in [2.75, 3.05) is 7.11 Å². The van der Waals surface area contributed by atoms with Crippen molar-refractivity contribution in [3.05, 3.63) is 0 Å². The molecule has 15 heavy (non-hydrogen) atoms. The molecule has 1 N–H and O–H groups in total. The van der Waals surface area contributed by atoms with E-state index in [4.69, 9.17) is 4.74 Å². The van der Waals surface area contributed by atoms with Gasteiger partial charge in [-0.05, 0) is 0 Å². The topological polar surface area (TPSA) is 64.6 Å². The number of methoxy groups -OCH3 is 1. The number of ether oxygens (including phenoxy) is 2. The highest BCUT2D eigenvalue weighted by atomic mass is 79.9. The minimum absolute atomic E-state index is 0.0167. The fourth-order valence-electron chi connectivity index (χ4n) is 2.27. The van der Waals surface area contributed by atoms with Gasteiger partial charge >= 0.3 is 11.9 Å². The van der Waals surface area contributed by atoms with Crippen LogP contribution in [0.5, 0.6) is 0 Å². The summed E-state index contributed by atoms with van der Waals surface area (Å²) in [6.07, 6.45) is -0.212. The highest BCUT2D eigenvalue weighted by Gasteiger charge is 2.64. The molecule has 2 saturated heterocycles. The summed E-state index contributed by atoms with van der Waals surface area (Å²) >= 11 is 3.46. The molecule has 3 fully saturated rings. The molecule has 1 saturated carbocycles. The monoisotopic (exact) mass is 277 g/mol. The lowest BCUT2D eigenvalue weighted by Crippen LogP contribution is -2.55. The summed E-state index contributed by atoms with van der Waals surface area (Å²) in [5, 5.41) is 3.09. The Bertz CT molecular complexity index is 308. The number of esters is 2. The zero-order chi connectivity index (χ0) is 11.2. The van der Waals surface area contributed by atoms with E-state index in [0.717, 1.165) is 0 Å². The van der Waals surface area contributed by atoms with E-state index in [2.05, 4.69) is 26.0 Å². The fraction of sp³-hybridized carbons (Fsp3) is 0.778. The second kappa shape index (κ2) is 3.75. The molecule has 0 radical (unpaired) electrons. The van der Waals surface area contributed by atoms with E-state index in [1.54, 1.807) is 0 Å². The molecule has 0 unspecified atom stereocenters. The fourth-order valence-corrected chi connectivity index (χ4v) is 3.33. The zero-order valence-electron chi connectivity index (χ0n) is 8.40. The predicted octanol–water partition coefficient (Wildman–Crippen LogP) is -0.175. The summed E-state index contributed by atoms with van der Waals surface area (Å²) in [5.74, 6) is -0.644. The first kappa shape index (κ1) is 10.9. The average molecular weight is 278 g/mol. The summed E-state index contributed by atoms with van der Waals surface area (Å²) in [6, 6.07) is -0.350. The van der Waals surface area contributed by atoms with E-state index in [-0.39, 0.29) is 40.9 Å². The number of fused-ring (bicyclic) bond motifs is 1. The number of alkyl halides is 1. The van der Waals surface area contributed by atoms with Crippen LogP contribution in [0.1, 0.15) is 6.92 Å². The smallest absolute Gasteiger partial charge is 0.323 e. The van der Waals surface area contributed by atoms with Gasteiger partial charge in [-0.25, -0.2) is 0 Å².